The summed E-state index contributed by atoms with van der Waals surface area (Å²) in [5, 5.41) is 14.8. The number of aromatic nitrogens is 2. The van der Waals surface area contributed by atoms with Gasteiger partial charge >= 0.3 is 0 Å². The van der Waals surface area contributed by atoms with Gasteiger partial charge in [-0.25, -0.2) is 4.39 Å². The Morgan fingerprint density at radius 3 is 2.89 bits per heavy atom. The molecule has 0 aliphatic rings. The van der Waals surface area contributed by atoms with E-state index in [4.69, 9.17) is 11.6 Å². The lowest BCUT2D eigenvalue weighted by molar-refractivity contribution is 0.201. The van der Waals surface area contributed by atoms with Crippen LogP contribution in [-0.4, -0.2) is 14.9 Å². The Labute approximate surface area is 124 Å². The van der Waals surface area contributed by atoms with Gasteiger partial charge in [0.2, 0.25) is 0 Å². The van der Waals surface area contributed by atoms with Crippen LogP contribution in [0.4, 0.5) is 4.39 Å². The van der Waals surface area contributed by atoms with Crippen molar-refractivity contribution in [3.63, 3.8) is 0 Å². The van der Waals surface area contributed by atoms with Crippen molar-refractivity contribution in [2.75, 3.05) is 0 Å². The van der Waals surface area contributed by atoms with Crippen molar-refractivity contribution < 1.29 is 9.50 Å². The number of hydrogen-bond donors (Lipinski definition) is 1. The highest BCUT2D eigenvalue weighted by Crippen LogP contribution is 2.34. The van der Waals surface area contributed by atoms with E-state index in [-0.39, 0.29) is 10.6 Å². The molecule has 0 radical (unpaired) electrons. The van der Waals surface area contributed by atoms with Crippen molar-refractivity contribution in [1.29, 1.82) is 0 Å². The van der Waals surface area contributed by atoms with Crippen LogP contribution in [0.2, 0.25) is 5.02 Å². The first-order valence-electron chi connectivity index (χ1n) is 5.89. The number of rotatable bonds is 4. The first-order valence-corrected chi connectivity index (χ1v) is 7.06. The lowest BCUT2D eigenvalue weighted by Crippen LogP contribution is -2.12. The van der Waals surface area contributed by atoms with Crippen LogP contribution in [0, 0.1) is 5.82 Å². The Bertz CT molecular complexity index is 568. The fourth-order valence-electron chi connectivity index (χ4n) is 1.94. The van der Waals surface area contributed by atoms with Crippen LogP contribution in [-0.2, 0) is 6.54 Å². The van der Waals surface area contributed by atoms with E-state index in [1.54, 1.807) is 16.9 Å². The van der Waals surface area contributed by atoms with Gasteiger partial charge in [0, 0.05) is 17.1 Å². The summed E-state index contributed by atoms with van der Waals surface area (Å²) >= 11 is 9.30. The third-order valence-corrected chi connectivity index (χ3v) is 3.74. The monoisotopic (exact) mass is 346 g/mol. The molecule has 1 heterocycles. The molecule has 19 heavy (non-hydrogen) atoms. The second kappa shape index (κ2) is 6.03. The van der Waals surface area contributed by atoms with Crippen molar-refractivity contribution in [3.8, 4) is 0 Å². The fourth-order valence-corrected chi connectivity index (χ4v) is 2.72. The molecule has 0 spiro atoms. The molecule has 3 nitrogen and oxygen atoms in total. The molecule has 0 aliphatic heterocycles. The van der Waals surface area contributed by atoms with E-state index in [1.165, 1.54) is 12.1 Å². The van der Waals surface area contributed by atoms with Crippen LogP contribution < -0.4 is 0 Å². The fraction of sp³-hybridized carbons (Fsp3) is 0.308. The molecule has 1 N–H and O–H groups in total. The Morgan fingerprint density at radius 1 is 1.53 bits per heavy atom. The molecule has 0 fully saturated rings. The average Bonchev–Trinajstić information content (AvgIpc) is 2.70. The van der Waals surface area contributed by atoms with Crippen LogP contribution >= 0.6 is 27.5 Å². The number of hydrogen-bond acceptors (Lipinski definition) is 2. The molecule has 0 bridgehead atoms. The highest BCUT2D eigenvalue weighted by atomic mass is 79.9. The van der Waals surface area contributed by atoms with E-state index >= 15 is 0 Å². The quantitative estimate of drug-likeness (QED) is 0.910. The summed E-state index contributed by atoms with van der Waals surface area (Å²) < 4.78 is 16.1. The number of aryl methyl sites for hydroxylation is 1. The zero-order valence-corrected chi connectivity index (χ0v) is 12.6. The minimum absolute atomic E-state index is 0.0720. The van der Waals surface area contributed by atoms with Gasteiger partial charge in [-0.2, -0.15) is 5.10 Å². The summed E-state index contributed by atoms with van der Waals surface area (Å²) in [6.07, 6.45) is 1.29. The molecule has 1 aromatic heterocycles. The number of nitrogens with zero attached hydrogens (tertiary/aromatic N) is 2. The SMILES string of the molecule is CCCn1ncc(Br)c1C(O)c1c(F)cccc1Cl. The highest BCUT2D eigenvalue weighted by molar-refractivity contribution is 9.10. The maximum Gasteiger partial charge on any atom is 0.130 e. The molecular formula is C13H13BrClFN2O. The first-order chi connectivity index (χ1) is 9.06. The van der Waals surface area contributed by atoms with Crippen LogP contribution in [0.3, 0.4) is 0 Å². The second-order valence-electron chi connectivity index (χ2n) is 4.14. The van der Waals surface area contributed by atoms with Gasteiger partial charge in [0.15, 0.2) is 0 Å². The molecule has 0 saturated heterocycles. The first kappa shape index (κ1) is 14.5. The normalized spacial score (nSPS) is 12.7. The van der Waals surface area contributed by atoms with E-state index in [1.807, 2.05) is 6.92 Å². The predicted molar refractivity (Wildman–Crippen MR) is 75.7 cm³/mol. The standard InChI is InChI=1S/C13H13BrClFN2O/c1-2-6-18-12(8(14)7-17-18)13(19)11-9(15)4-3-5-10(11)16/h3-5,7,13,19H,2,6H2,1H3. The predicted octanol–water partition coefficient (Wildman–Crippen LogP) is 3.93. The van der Waals surface area contributed by atoms with Gasteiger partial charge in [-0.15, -0.1) is 0 Å². The van der Waals surface area contributed by atoms with Gasteiger partial charge in [-0.3, -0.25) is 4.68 Å². The van der Waals surface area contributed by atoms with E-state index in [0.717, 1.165) is 6.42 Å². The zero-order valence-electron chi connectivity index (χ0n) is 10.3. The van der Waals surface area contributed by atoms with Crippen LogP contribution in [0.5, 0.6) is 0 Å². The molecule has 1 aromatic carbocycles. The summed E-state index contributed by atoms with van der Waals surface area (Å²) in [6.45, 7) is 2.64. The maximum atomic E-state index is 13.9. The van der Waals surface area contributed by atoms with Crippen molar-refractivity contribution in [1.82, 2.24) is 9.78 Å². The smallest absolute Gasteiger partial charge is 0.130 e. The van der Waals surface area contributed by atoms with E-state index in [0.29, 0.717) is 16.7 Å². The zero-order chi connectivity index (χ0) is 14.0. The number of aliphatic hydroxyl groups is 1. The summed E-state index contributed by atoms with van der Waals surface area (Å²) in [4.78, 5) is 0. The Kier molecular flexibility index (Phi) is 4.60. The Morgan fingerprint density at radius 2 is 2.26 bits per heavy atom. The number of aliphatic hydroxyl groups excluding tert-OH is 1. The Balaban J connectivity index is 2.50. The van der Waals surface area contributed by atoms with Gasteiger partial charge in [-0.05, 0) is 34.5 Å². The van der Waals surface area contributed by atoms with Crippen LogP contribution in [0.15, 0.2) is 28.9 Å². The molecule has 0 saturated carbocycles. The van der Waals surface area contributed by atoms with Gasteiger partial charge in [-0.1, -0.05) is 24.6 Å². The molecule has 2 aromatic rings. The number of benzene rings is 1. The molecule has 102 valence electrons. The van der Waals surface area contributed by atoms with Crippen molar-refractivity contribution in [3.05, 3.63) is 51.0 Å². The molecule has 0 amide bonds. The summed E-state index contributed by atoms with van der Waals surface area (Å²) in [5.41, 5.74) is 0.580. The lowest BCUT2D eigenvalue weighted by atomic mass is 10.1. The van der Waals surface area contributed by atoms with E-state index in [2.05, 4.69) is 21.0 Å². The largest absolute Gasteiger partial charge is 0.382 e. The molecule has 6 heteroatoms. The summed E-state index contributed by atoms with van der Waals surface area (Å²) in [5.74, 6) is -0.531. The summed E-state index contributed by atoms with van der Waals surface area (Å²) in [7, 11) is 0. The maximum absolute atomic E-state index is 13.9. The Hall–Kier alpha value is -0.910. The van der Waals surface area contributed by atoms with Crippen LogP contribution in [0.1, 0.15) is 30.7 Å². The number of halogens is 3. The molecule has 0 aliphatic carbocycles. The van der Waals surface area contributed by atoms with E-state index < -0.39 is 11.9 Å². The third-order valence-electron chi connectivity index (χ3n) is 2.80. The highest BCUT2D eigenvalue weighted by Gasteiger charge is 2.24. The van der Waals surface area contributed by atoms with Gasteiger partial charge in [0.25, 0.3) is 0 Å². The molecule has 1 unspecified atom stereocenters. The minimum Gasteiger partial charge on any atom is -0.382 e. The average molecular weight is 348 g/mol. The molecule has 1 atom stereocenters. The minimum atomic E-state index is -1.16. The summed E-state index contributed by atoms with van der Waals surface area (Å²) in [6, 6.07) is 4.34. The van der Waals surface area contributed by atoms with Crippen molar-refractivity contribution in [2.24, 2.45) is 0 Å². The lowest BCUT2D eigenvalue weighted by Gasteiger charge is -2.16. The van der Waals surface area contributed by atoms with Gasteiger partial charge < -0.3 is 5.11 Å². The van der Waals surface area contributed by atoms with Gasteiger partial charge in [0.1, 0.15) is 11.9 Å². The topological polar surface area (TPSA) is 38.0 Å². The van der Waals surface area contributed by atoms with Crippen molar-refractivity contribution >= 4 is 27.5 Å². The van der Waals surface area contributed by atoms with Crippen LogP contribution in [0.25, 0.3) is 0 Å². The van der Waals surface area contributed by atoms with Gasteiger partial charge in [0.05, 0.1) is 16.4 Å². The molecule has 2 rings (SSSR count). The third kappa shape index (κ3) is 2.83. The molecular weight excluding hydrogens is 335 g/mol. The second-order valence-corrected chi connectivity index (χ2v) is 5.40. The van der Waals surface area contributed by atoms with Crippen molar-refractivity contribution in [2.45, 2.75) is 26.0 Å². The van der Waals surface area contributed by atoms with E-state index in [9.17, 15) is 9.50 Å².